The lowest BCUT2D eigenvalue weighted by Gasteiger charge is -2.14. The van der Waals surface area contributed by atoms with E-state index >= 15 is 0 Å². The van der Waals surface area contributed by atoms with Crippen LogP contribution in [0.15, 0.2) is 18.2 Å². The quantitative estimate of drug-likeness (QED) is 0.532. The Bertz CT molecular complexity index is 532. The van der Waals surface area contributed by atoms with Gasteiger partial charge in [-0.2, -0.15) is 0 Å². The Morgan fingerprint density at radius 1 is 1.41 bits per heavy atom. The van der Waals surface area contributed by atoms with Gasteiger partial charge in [0.25, 0.3) is 5.69 Å². The maximum absolute atomic E-state index is 11.8. The Hall–Kier alpha value is -2.15. The van der Waals surface area contributed by atoms with Gasteiger partial charge in [0.05, 0.1) is 11.0 Å². The first-order valence-electron chi connectivity index (χ1n) is 7.33. The number of aliphatic hydroxyl groups excluding tert-OH is 1. The first-order valence-corrected chi connectivity index (χ1v) is 7.33. The van der Waals surface area contributed by atoms with Crippen molar-refractivity contribution in [3.8, 4) is 0 Å². The zero-order valence-corrected chi connectivity index (χ0v) is 13.1. The summed E-state index contributed by atoms with van der Waals surface area (Å²) in [6, 6.07) is 4.22. The average Bonchev–Trinajstić information content (AvgIpc) is 2.44. The number of nitro groups is 1. The molecule has 1 aromatic rings. The van der Waals surface area contributed by atoms with Gasteiger partial charge in [0, 0.05) is 23.9 Å². The number of nitrogens with one attached hydrogen (secondary N) is 2. The van der Waals surface area contributed by atoms with Crippen LogP contribution in [-0.2, 0) is 6.42 Å². The van der Waals surface area contributed by atoms with Gasteiger partial charge in [0.15, 0.2) is 0 Å². The average molecular weight is 309 g/mol. The molecule has 0 bridgehead atoms. The summed E-state index contributed by atoms with van der Waals surface area (Å²) < 4.78 is 0. The van der Waals surface area contributed by atoms with Crippen molar-refractivity contribution in [1.29, 1.82) is 0 Å². The van der Waals surface area contributed by atoms with E-state index in [4.69, 9.17) is 0 Å². The Labute approximate surface area is 129 Å². The van der Waals surface area contributed by atoms with Crippen LogP contribution in [0, 0.1) is 16.0 Å². The van der Waals surface area contributed by atoms with Gasteiger partial charge in [0.2, 0.25) is 0 Å². The Balaban J connectivity index is 2.61. The van der Waals surface area contributed by atoms with E-state index in [1.807, 2.05) is 13.8 Å². The van der Waals surface area contributed by atoms with Gasteiger partial charge in [-0.15, -0.1) is 0 Å². The SMILES string of the molecule is CCc1ccc(NC(=O)NC[C@H](C)C[C@@H](C)O)cc1[N+](=O)[O-]. The highest BCUT2D eigenvalue weighted by atomic mass is 16.6. The number of carbonyl (C=O) groups is 1. The van der Waals surface area contributed by atoms with E-state index in [0.717, 1.165) is 0 Å². The first-order chi connectivity index (χ1) is 10.3. The number of benzene rings is 1. The fourth-order valence-electron chi connectivity index (χ4n) is 2.22. The van der Waals surface area contributed by atoms with Gasteiger partial charge in [-0.05, 0) is 31.7 Å². The molecular formula is C15H23N3O4. The second kappa shape index (κ2) is 8.33. The Morgan fingerprint density at radius 3 is 2.64 bits per heavy atom. The van der Waals surface area contributed by atoms with Crippen LogP contribution in [-0.4, -0.2) is 28.7 Å². The van der Waals surface area contributed by atoms with E-state index in [2.05, 4.69) is 10.6 Å². The lowest BCUT2D eigenvalue weighted by atomic mass is 10.1. The molecule has 1 rings (SSSR count). The second-order valence-electron chi connectivity index (χ2n) is 5.48. The van der Waals surface area contributed by atoms with Crippen molar-refractivity contribution in [1.82, 2.24) is 5.32 Å². The molecule has 22 heavy (non-hydrogen) atoms. The van der Waals surface area contributed by atoms with Crippen LogP contribution in [0.3, 0.4) is 0 Å². The molecule has 0 radical (unpaired) electrons. The minimum atomic E-state index is -0.452. The van der Waals surface area contributed by atoms with Gasteiger partial charge in [-0.25, -0.2) is 4.79 Å². The summed E-state index contributed by atoms with van der Waals surface area (Å²) in [6.45, 7) is 5.89. The molecule has 2 amide bonds. The highest BCUT2D eigenvalue weighted by Crippen LogP contribution is 2.23. The largest absolute Gasteiger partial charge is 0.393 e. The third-order valence-electron chi connectivity index (χ3n) is 3.28. The number of nitro benzene ring substituents is 1. The van der Waals surface area contributed by atoms with Crippen LogP contribution in [0.5, 0.6) is 0 Å². The van der Waals surface area contributed by atoms with Crippen molar-refractivity contribution >= 4 is 17.4 Å². The van der Waals surface area contributed by atoms with Crippen molar-refractivity contribution in [2.75, 3.05) is 11.9 Å². The number of anilines is 1. The molecule has 122 valence electrons. The summed E-state index contributed by atoms with van der Waals surface area (Å²) in [6.07, 6.45) is 0.737. The summed E-state index contributed by atoms with van der Waals surface area (Å²) in [5.41, 5.74) is 1.01. The Morgan fingerprint density at radius 2 is 2.09 bits per heavy atom. The van der Waals surface area contributed by atoms with Crippen molar-refractivity contribution in [2.45, 2.75) is 39.7 Å². The maximum Gasteiger partial charge on any atom is 0.319 e. The predicted octanol–water partition coefficient (Wildman–Crippen LogP) is 2.69. The molecule has 0 heterocycles. The zero-order chi connectivity index (χ0) is 16.7. The van der Waals surface area contributed by atoms with Gasteiger partial charge in [-0.1, -0.05) is 19.9 Å². The molecule has 2 atom stereocenters. The highest BCUT2D eigenvalue weighted by Gasteiger charge is 2.14. The van der Waals surface area contributed by atoms with Crippen molar-refractivity contribution < 1.29 is 14.8 Å². The van der Waals surface area contributed by atoms with Crippen LogP contribution in [0.2, 0.25) is 0 Å². The topological polar surface area (TPSA) is 104 Å². The van der Waals surface area contributed by atoms with E-state index in [9.17, 15) is 20.0 Å². The molecule has 0 aromatic heterocycles. The first kappa shape index (κ1) is 17.9. The summed E-state index contributed by atoms with van der Waals surface area (Å²) in [4.78, 5) is 22.3. The number of urea groups is 1. The fraction of sp³-hybridized carbons (Fsp3) is 0.533. The summed E-state index contributed by atoms with van der Waals surface area (Å²) >= 11 is 0. The number of aryl methyl sites for hydroxylation is 1. The van der Waals surface area contributed by atoms with Crippen molar-refractivity contribution in [2.24, 2.45) is 5.92 Å². The molecular weight excluding hydrogens is 286 g/mol. The normalized spacial score (nSPS) is 13.3. The number of hydrogen-bond acceptors (Lipinski definition) is 4. The molecule has 1 aromatic carbocycles. The number of aliphatic hydroxyl groups is 1. The lowest BCUT2D eigenvalue weighted by Crippen LogP contribution is -2.33. The van der Waals surface area contributed by atoms with Crippen molar-refractivity contribution in [3.05, 3.63) is 33.9 Å². The minimum Gasteiger partial charge on any atom is -0.393 e. The van der Waals surface area contributed by atoms with E-state index < -0.39 is 17.1 Å². The molecule has 7 heteroatoms. The molecule has 0 saturated carbocycles. The second-order valence-corrected chi connectivity index (χ2v) is 5.48. The van der Waals surface area contributed by atoms with Gasteiger partial charge in [-0.3, -0.25) is 10.1 Å². The fourth-order valence-corrected chi connectivity index (χ4v) is 2.22. The van der Waals surface area contributed by atoms with E-state index in [-0.39, 0.29) is 11.6 Å². The molecule has 0 fully saturated rings. The number of hydrogen-bond donors (Lipinski definition) is 3. The number of carbonyl (C=O) groups excluding carboxylic acids is 1. The van der Waals surface area contributed by atoms with Crippen molar-refractivity contribution in [3.63, 3.8) is 0 Å². The zero-order valence-electron chi connectivity index (χ0n) is 13.1. The summed E-state index contributed by atoms with van der Waals surface area (Å²) in [5.74, 6) is 0.141. The summed E-state index contributed by atoms with van der Waals surface area (Å²) in [5, 5.41) is 25.5. The third kappa shape index (κ3) is 5.69. The monoisotopic (exact) mass is 309 g/mol. The number of nitrogens with zero attached hydrogens (tertiary/aromatic N) is 1. The molecule has 7 nitrogen and oxygen atoms in total. The molecule has 0 aliphatic carbocycles. The minimum absolute atomic E-state index is 0.00257. The molecule has 0 unspecified atom stereocenters. The molecule has 3 N–H and O–H groups in total. The third-order valence-corrected chi connectivity index (χ3v) is 3.28. The van der Waals surface area contributed by atoms with E-state index in [1.165, 1.54) is 6.07 Å². The predicted molar refractivity (Wildman–Crippen MR) is 85.0 cm³/mol. The Kier molecular flexibility index (Phi) is 6.78. The molecule has 0 aliphatic heterocycles. The molecule has 0 spiro atoms. The van der Waals surface area contributed by atoms with Crippen LogP contribution >= 0.6 is 0 Å². The van der Waals surface area contributed by atoms with Crippen LogP contribution in [0.1, 0.15) is 32.8 Å². The van der Waals surface area contributed by atoms with Gasteiger partial charge in [0.1, 0.15) is 0 Å². The number of amides is 2. The number of rotatable bonds is 7. The van der Waals surface area contributed by atoms with Crippen LogP contribution in [0.4, 0.5) is 16.2 Å². The lowest BCUT2D eigenvalue weighted by molar-refractivity contribution is -0.385. The molecule has 0 aliphatic rings. The van der Waals surface area contributed by atoms with E-state index in [0.29, 0.717) is 30.6 Å². The van der Waals surface area contributed by atoms with Crippen LogP contribution < -0.4 is 10.6 Å². The summed E-state index contributed by atoms with van der Waals surface area (Å²) in [7, 11) is 0. The maximum atomic E-state index is 11.8. The molecule has 0 saturated heterocycles. The van der Waals surface area contributed by atoms with Gasteiger partial charge >= 0.3 is 6.03 Å². The standard InChI is InChI=1S/C15H23N3O4/c1-4-12-5-6-13(8-14(12)18(21)22)17-15(20)16-9-10(2)7-11(3)19/h5-6,8,10-11,19H,4,7,9H2,1-3H3,(H2,16,17,20)/t10-,11-/m1/s1. The van der Waals surface area contributed by atoms with Crippen LogP contribution in [0.25, 0.3) is 0 Å². The van der Waals surface area contributed by atoms with Gasteiger partial charge < -0.3 is 15.7 Å². The highest BCUT2D eigenvalue weighted by molar-refractivity contribution is 5.89. The van der Waals surface area contributed by atoms with E-state index in [1.54, 1.807) is 19.1 Å². The smallest absolute Gasteiger partial charge is 0.319 e.